The van der Waals surface area contributed by atoms with Crippen LogP contribution in [-0.2, 0) is 11.2 Å². The van der Waals surface area contributed by atoms with E-state index >= 15 is 0 Å². The van der Waals surface area contributed by atoms with E-state index in [1.807, 2.05) is 55.6 Å². The molecule has 0 saturated heterocycles. The van der Waals surface area contributed by atoms with Crippen LogP contribution in [-0.4, -0.2) is 29.5 Å². The van der Waals surface area contributed by atoms with Crippen molar-refractivity contribution in [3.8, 4) is 5.75 Å². The number of ether oxygens (including phenoxy) is 1. The summed E-state index contributed by atoms with van der Waals surface area (Å²) < 4.78 is 19.1. The quantitative estimate of drug-likeness (QED) is 0.299. The topological polar surface area (TPSA) is 69.9 Å². The van der Waals surface area contributed by atoms with Gasteiger partial charge in [0.2, 0.25) is 5.91 Å². The first-order valence-electron chi connectivity index (χ1n) is 11.3. The molecular formula is C28H26FN3O2. The van der Waals surface area contributed by atoms with Crippen LogP contribution in [0.2, 0.25) is 0 Å². The largest absolute Gasteiger partial charge is 0.497 e. The number of aromatic nitrogens is 2. The van der Waals surface area contributed by atoms with Gasteiger partial charge in [-0.25, -0.2) is 4.39 Å². The molecule has 1 atom stereocenters. The molecule has 2 aromatic heterocycles. The third kappa shape index (κ3) is 4.15. The molecule has 0 saturated carbocycles. The van der Waals surface area contributed by atoms with E-state index in [2.05, 4.69) is 21.4 Å². The van der Waals surface area contributed by atoms with E-state index in [1.165, 1.54) is 12.1 Å². The van der Waals surface area contributed by atoms with Crippen molar-refractivity contribution in [2.24, 2.45) is 0 Å². The summed E-state index contributed by atoms with van der Waals surface area (Å²) in [5.74, 6) is 0.318. The Balaban J connectivity index is 1.41. The first-order chi connectivity index (χ1) is 16.5. The van der Waals surface area contributed by atoms with Crippen molar-refractivity contribution in [2.45, 2.75) is 19.3 Å². The molecular weight excluding hydrogens is 429 g/mol. The number of carbonyl (C=O) groups excluding carboxylic acids is 1. The normalized spacial score (nSPS) is 12.2. The number of aromatic amines is 2. The van der Waals surface area contributed by atoms with E-state index < -0.39 is 0 Å². The first-order valence-corrected chi connectivity index (χ1v) is 11.3. The van der Waals surface area contributed by atoms with Crippen molar-refractivity contribution in [1.29, 1.82) is 0 Å². The van der Waals surface area contributed by atoms with Crippen LogP contribution in [0.1, 0.15) is 28.3 Å². The number of amides is 1. The minimum atomic E-state index is -0.313. The van der Waals surface area contributed by atoms with Gasteiger partial charge < -0.3 is 20.0 Å². The Bertz CT molecular complexity index is 1470. The second-order valence-electron chi connectivity index (χ2n) is 8.51. The molecule has 0 radical (unpaired) electrons. The van der Waals surface area contributed by atoms with Gasteiger partial charge in [0.1, 0.15) is 11.6 Å². The molecule has 172 valence electrons. The highest BCUT2D eigenvalue weighted by atomic mass is 19.1. The minimum absolute atomic E-state index is 0.0486. The molecule has 3 aromatic carbocycles. The highest BCUT2D eigenvalue weighted by Crippen LogP contribution is 2.31. The van der Waals surface area contributed by atoms with Crippen LogP contribution in [0.5, 0.6) is 5.75 Å². The number of carbonyl (C=O) groups is 1. The summed E-state index contributed by atoms with van der Waals surface area (Å²) in [6.45, 7) is 2.34. The molecule has 5 nitrogen and oxygen atoms in total. The fourth-order valence-electron chi connectivity index (χ4n) is 4.65. The molecule has 1 amide bonds. The van der Waals surface area contributed by atoms with Gasteiger partial charge in [-0.3, -0.25) is 4.79 Å². The minimum Gasteiger partial charge on any atom is -0.497 e. The summed E-state index contributed by atoms with van der Waals surface area (Å²) in [6, 6.07) is 20.7. The number of methoxy groups -OCH3 is 1. The Hall–Kier alpha value is -4.06. The predicted molar refractivity (Wildman–Crippen MR) is 133 cm³/mol. The Labute approximate surface area is 197 Å². The zero-order chi connectivity index (χ0) is 23.7. The standard InChI is InChI=1S/C28H26FN3O2/c1-17-22(23-13-19(29)9-12-27(23)32-17)14-28(33)31-15-24(18-7-10-20(34-2)11-8-18)25-16-30-26-6-4-3-5-21(25)26/h3-13,16,24,30,32H,14-15H2,1-2H3,(H,31,33). The second-order valence-corrected chi connectivity index (χ2v) is 8.51. The van der Waals surface area contributed by atoms with E-state index in [-0.39, 0.29) is 24.1 Å². The number of nitrogens with one attached hydrogen (secondary N) is 3. The van der Waals surface area contributed by atoms with Gasteiger partial charge in [0, 0.05) is 46.2 Å². The molecule has 34 heavy (non-hydrogen) atoms. The molecule has 0 spiro atoms. The summed E-state index contributed by atoms with van der Waals surface area (Å²) in [6.07, 6.45) is 2.19. The van der Waals surface area contributed by atoms with Crippen LogP contribution >= 0.6 is 0 Å². The third-order valence-electron chi connectivity index (χ3n) is 6.44. The number of aryl methyl sites for hydroxylation is 1. The lowest BCUT2D eigenvalue weighted by atomic mass is 9.90. The number of para-hydroxylation sites is 1. The fourth-order valence-corrected chi connectivity index (χ4v) is 4.65. The highest BCUT2D eigenvalue weighted by molar-refractivity contribution is 5.90. The molecule has 5 rings (SSSR count). The molecule has 5 aromatic rings. The van der Waals surface area contributed by atoms with Crippen molar-refractivity contribution in [2.75, 3.05) is 13.7 Å². The zero-order valence-corrected chi connectivity index (χ0v) is 19.1. The van der Waals surface area contributed by atoms with Crippen molar-refractivity contribution in [3.63, 3.8) is 0 Å². The van der Waals surface area contributed by atoms with Gasteiger partial charge in [-0.05, 0) is 60.0 Å². The number of halogens is 1. The van der Waals surface area contributed by atoms with Gasteiger partial charge in [-0.1, -0.05) is 30.3 Å². The predicted octanol–water partition coefficient (Wildman–Crippen LogP) is 5.60. The molecule has 2 heterocycles. The Kier molecular flexibility index (Phi) is 5.80. The van der Waals surface area contributed by atoms with Crippen molar-refractivity contribution in [3.05, 3.63) is 101 Å². The molecule has 0 aliphatic rings. The van der Waals surface area contributed by atoms with Gasteiger partial charge in [-0.15, -0.1) is 0 Å². The van der Waals surface area contributed by atoms with E-state index in [4.69, 9.17) is 4.74 Å². The maximum atomic E-state index is 13.8. The lowest BCUT2D eigenvalue weighted by Gasteiger charge is -2.19. The van der Waals surface area contributed by atoms with Gasteiger partial charge >= 0.3 is 0 Å². The van der Waals surface area contributed by atoms with Gasteiger partial charge in [-0.2, -0.15) is 0 Å². The average molecular weight is 456 g/mol. The van der Waals surface area contributed by atoms with Crippen molar-refractivity contribution >= 4 is 27.7 Å². The lowest BCUT2D eigenvalue weighted by Crippen LogP contribution is -2.30. The van der Waals surface area contributed by atoms with Crippen molar-refractivity contribution < 1.29 is 13.9 Å². The van der Waals surface area contributed by atoms with Crippen LogP contribution in [0, 0.1) is 12.7 Å². The second kappa shape index (κ2) is 9.06. The fraction of sp³-hybridized carbons (Fsp3) is 0.179. The number of rotatable bonds is 7. The molecule has 0 fully saturated rings. The monoisotopic (exact) mass is 455 g/mol. The van der Waals surface area contributed by atoms with Crippen LogP contribution in [0.4, 0.5) is 4.39 Å². The van der Waals surface area contributed by atoms with Crippen LogP contribution in [0.25, 0.3) is 21.8 Å². The molecule has 0 bridgehead atoms. The molecule has 1 unspecified atom stereocenters. The summed E-state index contributed by atoms with van der Waals surface area (Å²) in [7, 11) is 1.64. The summed E-state index contributed by atoms with van der Waals surface area (Å²) >= 11 is 0. The Morgan fingerprint density at radius 3 is 2.62 bits per heavy atom. The average Bonchev–Trinajstić information content (AvgIpc) is 3.41. The number of fused-ring (bicyclic) bond motifs is 2. The molecule has 6 heteroatoms. The SMILES string of the molecule is COc1ccc(C(CNC(=O)Cc2c(C)[nH]c3ccc(F)cc23)c2c[nH]c3ccccc23)cc1. The summed E-state index contributed by atoms with van der Waals surface area (Å²) in [4.78, 5) is 19.6. The zero-order valence-electron chi connectivity index (χ0n) is 19.1. The first kappa shape index (κ1) is 21.8. The van der Waals surface area contributed by atoms with Crippen LogP contribution in [0.15, 0.2) is 72.9 Å². The number of hydrogen-bond acceptors (Lipinski definition) is 2. The maximum Gasteiger partial charge on any atom is 0.224 e. The molecule has 0 aliphatic heterocycles. The van der Waals surface area contributed by atoms with Gasteiger partial charge in [0.05, 0.1) is 13.5 Å². The van der Waals surface area contributed by atoms with E-state index in [0.29, 0.717) is 6.54 Å². The highest BCUT2D eigenvalue weighted by Gasteiger charge is 2.20. The summed E-state index contributed by atoms with van der Waals surface area (Å²) in [5.41, 5.74) is 5.78. The van der Waals surface area contributed by atoms with Crippen molar-refractivity contribution in [1.82, 2.24) is 15.3 Å². The van der Waals surface area contributed by atoms with Gasteiger partial charge in [0.25, 0.3) is 0 Å². The smallest absolute Gasteiger partial charge is 0.224 e. The molecule has 0 aliphatic carbocycles. The lowest BCUT2D eigenvalue weighted by molar-refractivity contribution is -0.120. The van der Waals surface area contributed by atoms with Crippen LogP contribution < -0.4 is 10.1 Å². The Morgan fingerprint density at radius 1 is 1.03 bits per heavy atom. The summed E-state index contributed by atoms with van der Waals surface area (Å²) in [5, 5.41) is 4.99. The maximum absolute atomic E-state index is 13.8. The number of H-pyrrole nitrogens is 2. The number of hydrogen-bond donors (Lipinski definition) is 3. The number of benzene rings is 3. The van der Waals surface area contributed by atoms with Crippen LogP contribution in [0.3, 0.4) is 0 Å². The third-order valence-corrected chi connectivity index (χ3v) is 6.44. The van der Waals surface area contributed by atoms with E-state index in [0.717, 1.165) is 49.9 Å². The Morgan fingerprint density at radius 2 is 1.82 bits per heavy atom. The van der Waals surface area contributed by atoms with E-state index in [1.54, 1.807) is 13.2 Å². The van der Waals surface area contributed by atoms with Gasteiger partial charge in [0.15, 0.2) is 0 Å². The molecule has 3 N–H and O–H groups in total. The van der Waals surface area contributed by atoms with E-state index in [9.17, 15) is 9.18 Å².